The summed E-state index contributed by atoms with van der Waals surface area (Å²) in [6.45, 7) is 3.74. The maximum absolute atomic E-state index is 11.1. The molecule has 0 amide bonds. The third-order valence-corrected chi connectivity index (χ3v) is 3.78. The number of aliphatic carboxylic acids is 1. The molecule has 2 aromatic rings. The van der Waals surface area contributed by atoms with Gasteiger partial charge in [0.15, 0.2) is 5.65 Å². The van der Waals surface area contributed by atoms with Gasteiger partial charge in [-0.25, -0.2) is 4.98 Å². The Morgan fingerprint density at radius 1 is 1.53 bits per heavy atom. The Hall–Kier alpha value is -1.63. The number of hydrogen-bond donors (Lipinski definition) is 1. The number of carbonyl (C=O) groups is 1. The molecule has 17 heavy (non-hydrogen) atoms. The SMILES string of the molecule is CC(C)C(Sc1nccn2cnnc12)C(=O)O. The van der Waals surface area contributed by atoms with Gasteiger partial charge < -0.3 is 5.11 Å². The van der Waals surface area contributed by atoms with E-state index in [9.17, 15) is 4.79 Å². The second kappa shape index (κ2) is 4.70. The molecule has 0 aromatic carbocycles. The number of fused-ring (bicyclic) bond motifs is 1. The highest BCUT2D eigenvalue weighted by Crippen LogP contribution is 2.28. The smallest absolute Gasteiger partial charge is 0.317 e. The molecule has 0 radical (unpaired) electrons. The van der Waals surface area contributed by atoms with Crippen molar-refractivity contribution in [2.75, 3.05) is 0 Å². The fourth-order valence-electron chi connectivity index (χ4n) is 1.41. The predicted octanol–water partition coefficient (Wildman–Crippen LogP) is 1.33. The molecule has 1 unspecified atom stereocenters. The summed E-state index contributed by atoms with van der Waals surface area (Å²) in [5.41, 5.74) is 0.587. The van der Waals surface area contributed by atoms with E-state index in [4.69, 9.17) is 5.11 Å². The Balaban J connectivity index is 2.34. The number of carboxylic acids is 1. The monoisotopic (exact) mass is 252 g/mol. The van der Waals surface area contributed by atoms with Gasteiger partial charge in [0.2, 0.25) is 0 Å². The van der Waals surface area contributed by atoms with Gasteiger partial charge in [0, 0.05) is 12.4 Å². The maximum atomic E-state index is 11.1. The first kappa shape index (κ1) is 11.8. The van der Waals surface area contributed by atoms with Crippen LogP contribution in [-0.2, 0) is 4.79 Å². The first-order valence-corrected chi connectivity index (χ1v) is 6.01. The van der Waals surface area contributed by atoms with Crippen molar-refractivity contribution in [3.8, 4) is 0 Å². The summed E-state index contributed by atoms with van der Waals surface area (Å²) in [5.74, 6) is -0.823. The van der Waals surface area contributed by atoms with E-state index in [0.29, 0.717) is 10.7 Å². The number of rotatable bonds is 4. The molecule has 6 nitrogen and oxygen atoms in total. The molecule has 1 atom stereocenters. The van der Waals surface area contributed by atoms with Crippen LogP contribution in [0.3, 0.4) is 0 Å². The summed E-state index contributed by atoms with van der Waals surface area (Å²) in [6.07, 6.45) is 4.90. The van der Waals surface area contributed by atoms with E-state index in [-0.39, 0.29) is 5.92 Å². The molecule has 2 heterocycles. The summed E-state index contributed by atoms with van der Waals surface area (Å²) in [5, 5.41) is 16.9. The number of thioether (sulfide) groups is 1. The molecule has 0 aliphatic heterocycles. The third-order valence-electron chi connectivity index (χ3n) is 2.27. The van der Waals surface area contributed by atoms with Crippen molar-refractivity contribution in [2.45, 2.75) is 24.1 Å². The standard InChI is InChI=1S/C10H12N4O2S/c1-6(2)7(10(15)16)17-9-8-13-12-5-14(8)4-3-11-9/h3-7H,1-2H3,(H,15,16). The first-order chi connectivity index (χ1) is 8.09. The Morgan fingerprint density at radius 3 is 2.94 bits per heavy atom. The molecule has 2 rings (SSSR count). The van der Waals surface area contributed by atoms with Gasteiger partial charge in [0.1, 0.15) is 16.6 Å². The van der Waals surface area contributed by atoms with Crippen molar-refractivity contribution in [3.05, 3.63) is 18.7 Å². The number of nitrogens with zero attached hydrogens (tertiary/aromatic N) is 4. The van der Waals surface area contributed by atoms with Crippen LogP contribution in [0.5, 0.6) is 0 Å². The van der Waals surface area contributed by atoms with Crippen molar-refractivity contribution in [3.63, 3.8) is 0 Å². The average molecular weight is 252 g/mol. The molecule has 0 fully saturated rings. The highest BCUT2D eigenvalue weighted by Gasteiger charge is 2.24. The van der Waals surface area contributed by atoms with Crippen LogP contribution in [0, 0.1) is 5.92 Å². The lowest BCUT2D eigenvalue weighted by Gasteiger charge is -2.14. The van der Waals surface area contributed by atoms with Crippen molar-refractivity contribution in [2.24, 2.45) is 5.92 Å². The number of carboxylic acid groups (broad SMARTS) is 1. The number of hydrogen-bond acceptors (Lipinski definition) is 5. The molecule has 0 spiro atoms. The van der Waals surface area contributed by atoms with Crippen molar-refractivity contribution in [1.82, 2.24) is 19.6 Å². The van der Waals surface area contributed by atoms with Crippen molar-refractivity contribution >= 4 is 23.4 Å². The van der Waals surface area contributed by atoms with Gasteiger partial charge in [-0.3, -0.25) is 9.20 Å². The zero-order chi connectivity index (χ0) is 12.4. The highest BCUT2D eigenvalue weighted by molar-refractivity contribution is 8.00. The van der Waals surface area contributed by atoms with Crippen molar-refractivity contribution < 1.29 is 9.90 Å². The summed E-state index contributed by atoms with van der Waals surface area (Å²) in [6, 6.07) is 0. The zero-order valence-corrected chi connectivity index (χ0v) is 10.3. The minimum Gasteiger partial charge on any atom is -0.480 e. The normalized spacial score (nSPS) is 13.1. The fourth-order valence-corrected chi connectivity index (χ4v) is 2.40. The number of aromatic nitrogens is 4. The molecule has 1 N–H and O–H groups in total. The summed E-state index contributed by atoms with van der Waals surface area (Å²) in [7, 11) is 0. The fraction of sp³-hybridized carbons (Fsp3) is 0.400. The quantitative estimate of drug-likeness (QED) is 0.827. The van der Waals surface area contributed by atoms with E-state index in [1.54, 1.807) is 23.1 Å². The van der Waals surface area contributed by atoms with Gasteiger partial charge in [-0.15, -0.1) is 10.2 Å². The van der Waals surface area contributed by atoms with Crippen LogP contribution >= 0.6 is 11.8 Å². The van der Waals surface area contributed by atoms with Gasteiger partial charge in [-0.1, -0.05) is 25.6 Å². The van der Waals surface area contributed by atoms with Gasteiger partial charge in [0.05, 0.1) is 0 Å². The van der Waals surface area contributed by atoms with Crippen LogP contribution in [0.2, 0.25) is 0 Å². The Morgan fingerprint density at radius 2 is 2.29 bits per heavy atom. The second-order valence-corrected chi connectivity index (χ2v) is 5.05. The van der Waals surface area contributed by atoms with Crippen LogP contribution in [0.15, 0.2) is 23.7 Å². The lowest BCUT2D eigenvalue weighted by Crippen LogP contribution is -2.22. The summed E-state index contributed by atoms with van der Waals surface area (Å²) < 4.78 is 1.72. The average Bonchev–Trinajstić information content (AvgIpc) is 2.73. The maximum Gasteiger partial charge on any atom is 0.317 e. The van der Waals surface area contributed by atoms with E-state index >= 15 is 0 Å². The van der Waals surface area contributed by atoms with Gasteiger partial charge in [-0.2, -0.15) is 0 Å². The second-order valence-electron chi connectivity index (χ2n) is 3.91. The highest BCUT2D eigenvalue weighted by atomic mass is 32.2. The van der Waals surface area contributed by atoms with E-state index in [1.807, 2.05) is 13.8 Å². The Bertz CT molecular complexity index is 540. The molecule has 90 valence electrons. The van der Waals surface area contributed by atoms with Crippen LogP contribution < -0.4 is 0 Å². The van der Waals surface area contributed by atoms with Crippen LogP contribution in [0.25, 0.3) is 5.65 Å². The predicted molar refractivity (Wildman–Crippen MR) is 62.9 cm³/mol. The molecule has 0 aliphatic rings. The van der Waals surface area contributed by atoms with E-state index in [1.165, 1.54) is 11.8 Å². The summed E-state index contributed by atoms with van der Waals surface area (Å²) >= 11 is 1.21. The Labute approximate surface area is 102 Å². The topological polar surface area (TPSA) is 80.4 Å². The molecule has 2 aromatic heterocycles. The zero-order valence-electron chi connectivity index (χ0n) is 9.44. The molecule has 0 saturated heterocycles. The van der Waals surface area contributed by atoms with Gasteiger partial charge >= 0.3 is 5.97 Å². The molecular formula is C10H12N4O2S. The minimum atomic E-state index is -0.840. The lowest BCUT2D eigenvalue weighted by molar-refractivity contribution is -0.137. The molecule has 0 saturated carbocycles. The minimum absolute atomic E-state index is 0.0162. The van der Waals surface area contributed by atoms with Crippen LogP contribution in [-0.4, -0.2) is 35.9 Å². The van der Waals surface area contributed by atoms with E-state index < -0.39 is 11.2 Å². The van der Waals surface area contributed by atoms with E-state index in [2.05, 4.69) is 15.2 Å². The molecular weight excluding hydrogens is 240 g/mol. The van der Waals surface area contributed by atoms with Crippen LogP contribution in [0.1, 0.15) is 13.8 Å². The van der Waals surface area contributed by atoms with Crippen LogP contribution in [0.4, 0.5) is 0 Å². The van der Waals surface area contributed by atoms with Crippen molar-refractivity contribution in [1.29, 1.82) is 0 Å². The summed E-state index contributed by atoms with van der Waals surface area (Å²) in [4.78, 5) is 15.3. The van der Waals surface area contributed by atoms with E-state index in [0.717, 1.165) is 0 Å². The van der Waals surface area contributed by atoms with Gasteiger partial charge in [-0.05, 0) is 5.92 Å². The third kappa shape index (κ3) is 2.38. The lowest BCUT2D eigenvalue weighted by atomic mass is 10.1. The Kier molecular flexibility index (Phi) is 3.28. The largest absolute Gasteiger partial charge is 0.480 e. The molecule has 0 bridgehead atoms. The first-order valence-electron chi connectivity index (χ1n) is 5.13. The van der Waals surface area contributed by atoms with Gasteiger partial charge in [0.25, 0.3) is 0 Å². The molecule has 7 heteroatoms. The molecule has 0 aliphatic carbocycles.